The van der Waals surface area contributed by atoms with Gasteiger partial charge in [-0.05, 0) is 36.2 Å². The van der Waals surface area contributed by atoms with Crippen molar-refractivity contribution in [3.8, 4) is 16.9 Å². The van der Waals surface area contributed by atoms with Gasteiger partial charge in [0.1, 0.15) is 11.3 Å². The molecule has 0 aliphatic heterocycles. The summed E-state index contributed by atoms with van der Waals surface area (Å²) in [5.41, 5.74) is 0.186. The largest absolute Gasteiger partial charge is 0.508 e. The first kappa shape index (κ1) is 16.2. The molecule has 23 heavy (non-hydrogen) atoms. The van der Waals surface area contributed by atoms with Crippen LogP contribution in [0.3, 0.4) is 0 Å². The highest BCUT2D eigenvalue weighted by Gasteiger charge is 2.24. The zero-order valence-electron chi connectivity index (χ0n) is 12.2. The Morgan fingerprint density at radius 1 is 1.30 bits per heavy atom. The van der Waals surface area contributed by atoms with E-state index in [1.165, 1.54) is 24.3 Å². The highest BCUT2D eigenvalue weighted by Crippen LogP contribution is 2.31. The molecule has 0 aliphatic carbocycles. The number of nitro benzene ring substituents is 1. The Hall–Kier alpha value is -3.22. The normalized spacial score (nSPS) is 10.1. The SMILES string of the molecule is CCOC(=O)c1cc(C=O)c(-c2ccc(O)cc2)cc1[N+](=O)[O-]. The monoisotopic (exact) mass is 315 g/mol. The van der Waals surface area contributed by atoms with Gasteiger partial charge in [-0.3, -0.25) is 14.9 Å². The topological polar surface area (TPSA) is 107 Å². The Labute approximate surface area is 131 Å². The molecule has 0 aromatic heterocycles. The molecule has 2 rings (SSSR count). The average Bonchev–Trinajstić information content (AvgIpc) is 2.54. The molecule has 0 atom stereocenters. The van der Waals surface area contributed by atoms with Gasteiger partial charge in [-0.15, -0.1) is 0 Å². The number of rotatable bonds is 5. The van der Waals surface area contributed by atoms with Crippen LogP contribution >= 0.6 is 0 Å². The van der Waals surface area contributed by atoms with Crippen LogP contribution in [0.4, 0.5) is 5.69 Å². The minimum atomic E-state index is -0.862. The Morgan fingerprint density at radius 3 is 2.48 bits per heavy atom. The number of carbonyl (C=O) groups is 2. The molecule has 0 spiro atoms. The molecule has 118 valence electrons. The summed E-state index contributed by atoms with van der Waals surface area (Å²) in [5.74, 6) is -0.835. The first-order valence-corrected chi connectivity index (χ1v) is 6.72. The van der Waals surface area contributed by atoms with Crippen molar-refractivity contribution in [3.63, 3.8) is 0 Å². The maximum absolute atomic E-state index is 11.9. The lowest BCUT2D eigenvalue weighted by atomic mass is 9.96. The number of phenolic OH excluding ortho intramolecular Hbond substituents is 1. The van der Waals surface area contributed by atoms with Gasteiger partial charge < -0.3 is 9.84 Å². The minimum absolute atomic E-state index is 0.0269. The maximum atomic E-state index is 11.9. The summed E-state index contributed by atoms with van der Waals surface area (Å²) >= 11 is 0. The Kier molecular flexibility index (Phi) is 4.70. The van der Waals surface area contributed by atoms with Crippen molar-refractivity contribution in [2.24, 2.45) is 0 Å². The molecule has 0 unspecified atom stereocenters. The summed E-state index contributed by atoms with van der Waals surface area (Å²) < 4.78 is 4.79. The zero-order chi connectivity index (χ0) is 17.0. The second-order valence-electron chi connectivity index (χ2n) is 4.60. The molecule has 7 nitrogen and oxygen atoms in total. The predicted molar refractivity (Wildman–Crippen MR) is 81.5 cm³/mol. The Balaban J connectivity index is 2.66. The van der Waals surface area contributed by atoms with E-state index in [0.29, 0.717) is 17.4 Å². The van der Waals surface area contributed by atoms with Gasteiger partial charge in [0.2, 0.25) is 0 Å². The quantitative estimate of drug-likeness (QED) is 0.393. The highest BCUT2D eigenvalue weighted by molar-refractivity contribution is 5.99. The van der Waals surface area contributed by atoms with Crippen molar-refractivity contribution in [2.45, 2.75) is 6.92 Å². The number of aromatic hydroxyl groups is 1. The van der Waals surface area contributed by atoms with Crippen LogP contribution in [-0.4, -0.2) is 28.9 Å². The molecule has 0 saturated heterocycles. The van der Waals surface area contributed by atoms with Crippen LogP contribution in [0.2, 0.25) is 0 Å². The Morgan fingerprint density at radius 2 is 1.96 bits per heavy atom. The fraction of sp³-hybridized carbons (Fsp3) is 0.125. The number of nitro groups is 1. The van der Waals surface area contributed by atoms with Crippen LogP contribution in [0.15, 0.2) is 36.4 Å². The van der Waals surface area contributed by atoms with E-state index in [1.807, 2.05) is 0 Å². The lowest BCUT2D eigenvalue weighted by Crippen LogP contribution is -2.09. The van der Waals surface area contributed by atoms with E-state index >= 15 is 0 Å². The highest BCUT2D eigenvalue weighted by atomic mass is 16.6. The van der Waals surface area contributed by atoms with Crippen LogP contribution < -0.4 is 0 Å². The number of hydrogen-bond donors (Lipinski definition) is 1. The van der Waals surface area contributed by atoms with E-state index < -0.39 is 16.6 Å². The van der Waals surface area contributed by atoms with E-state index in [4.69, 9.17) is 4.74 Å². The predicted octanol–water partition coefficient (Wildman–Crippen LogP) is 2.96. The van der Waals surface area contributed by atoms with Crippen molar-refractivity contribution >= 4 is 17.9 Å². The lowest BCUT2D eigenvalue weighted by molar-refractivity contribution is -0.385. The lowest BCUT2D eigenvalue weighted by Gasteiger charge is -2.09. The number of benzene rings is 2. The molecule has 0 amide bonds. The number of esters is 1. The fourth-order valence-electron chi connectivity index (χ4n) is 2.12. The molecule has 2 aromatic carbocycles. The third-order valence-electron chi connectivity index (χ3n) is 3.17. The minimum Gasteiger partial charge on any atom is -0.508 e. The summed E-state index contributed by atoms with van der Waals surface area (Å²) in [6.07, 6.45) is 0.509. The molecule has 0 aliphatic rings. The Bertz CT molecular complexity index is 767. The van der Waals surface area contributed by atoms with Crippen molar-refractivity contribution < 1.29 is 24.4 Å². The number of ether oxygens (including phenoxy) is 1. The second kappa shape index (κ2) is 6.69. The molecule has 0 heterocycles. The van der Waals surface area contributed by atoms with Crippen molar-refractivity contribution in [1.82, 2.24) is 0 Å². The molecule has 0 fully saturated rings. The van der Waals surface area contributed by atoms with E-state index in [9.17, 15) is 24.8 Å². The van der Waals surface area contributed by atoms with Gasteiger partial charge in [0.05, 0.1) is 11.5 Å². The molecular weight excluding hydrogens is 302 g/mol. The van der Waals surface area contributed by atoms with Gasteiger partial charge in [0.15, 0.2) is 6.29 Å². The van der Waals surface area contributed by atoms with Gasteiger partial charge in [0, 0.05) is 11.6 Å². The third-order valence-corrected chi connectivity index (χ3v) is 3.17. The molecule has 0 bridgehead atoms. The van der Waals surface area contributed by atoms with Crippen molar-refractivity contribution in [1.29, 1.82) is 0 Å². The first-order valence-electron chi connectivity index (χ1n) is 6.72. The smallest absolute Gasteiger partial charge is 0.345 e. The summed E-state index contributed by atoms with van der Waals surface area (Å²) in [6, 6.07) is 8.13. The van der Waals surface area contributed by atoms with Crippen LogP contribution in [-0.2, 0) is 4.74 Å². The van der Waals surface area contributed by atoms with Crippen LogP contribution in [0, 0.1) is 10.1 Å². The molecular formula is C16H13NO6. The molecule has 2 aromatic rings. The van der Waals surface area contributed by atoms with Crippen LogP contribution in [0.25, 0.3) is 11.1 Å². The number of aldehydes is 1. The van der Waals surface area contributed by atoms with Crippen molar-refractivity contribution in [2.75, 3.05) is 6.61 Å². The molecule has 0 radical (unpaired) electrons. The molecule has 1 N–H and O–H groups in total. The third kappa shape index (κ3) is 3.34. The van der Waals surface area contributed by atoms with E-state index in [0.717, 1.165) is 12.1 Å². The van der Waals surface area contributed by atoms with E-state index in [1.54, 1.807) is 6.92 Å². The van der Waals surface area contributed by atoms with Gasteiger partial charge in [0.25, 0.3) is 5.69 Å². The van der Waals surface area contributed by atoms with Gasteiger partial charge in [-0.25, -0.2) is 4.79 Å². The summed E-state index contributed by atoms with van der Waals surface area (Å²) in [4.78, 5) is 33.7. The maximum Gasteiger partial charge on any atom is 0.345 e. The number of carbonyl (C=O) groups excluding carboxylic acids is 2. The number of hydrogen-bond acceptors (Lipinski definition) is 6. The standard InChI is InChI=1S/C16H13NO6/c1-2-23-16(20)14-7-11(9-18)13(8-15(14)17(21)22)10-3-5-12(19)6-4-10/h3-9,19H,2H2,1H3. The van der Waals surface area contributed by atoms with E-state index in [2.05, 4.69) is 0 Å². The van der Waals surface area contributed by atoms with Crippen molar-refractivity contribution in [3.05, 3.63) is 57.6 Å². The second-order valence-corrected chi connectivity index (χ2v) is 4.60. The average molecular weight is 315 g/mol. The van der Waals surface area contributed by atoms with Gasteiger partial charge >= 0.3 is 5.97 Å². The van der Waals surface area contributed by atoms with E-state index in [-0.39, 0.29) is 23.5 Å². The summed E-state index contributed by atoms with van der Waals surface area (Å²) in [7, 11) is 0. The summed E-state index contributed by atoms with van der Waals surface area (Å²) in [6.45, 7) is 1.64. The number of nitrogens with zero attached hydrogens (tertiary/aromatic N) is 1. The van der Waals surface area contributed by atoms with Gasteiger partial charge in [-0.1, -0.05) is 12.1 Å². The van der Waals surface area contributed by atoms with Gasteiger partial charge in [-0.2, -0.15) is 0 Å². The molecule has 0 saturated carbocycles. The fourth-order valence-corrected chi connectivity index (χ4v) is 2.12. The molecule has 7 heteroatoms. The zero-order valence-corrected chi connectivity index (χ0v) is 12.2. The number of phenols is 1. The van der Waals surface area contributed by atoms with Crippen LogP contribution in [0.1, 0.15) is 27.6 Å². The first-order chi connectivity index (χ1) is 11.0. The summed E-state index contributed by atoms with van der Waals surface area (Å²) in [5, 5.41) is 20.5. The van der Waals surface area contributed by atoms with Crippen LogP contribution in [0.5, 0.6) is 5.75 Å².